The van der Waals surface area contributed by atoms with Gasteiger partial charge in [0.1, 0.15) is 5.82 Å². The Morgan fingerprint density at radius 1 is 1.06 bits per heavy atom. The summed E-state index contributed by atoms with van der Waals surface area (Å²) < 4.78 is 15.3. The smallest absolute Gasteiger partial charge is 0.153 e. The standard InChI is InChI=1S/C14H12FN3/c15-12-7-3-1-5-10(12)9-18-13-8-4-2-6-11(13)14(16)17-18/h1-8H,9H2,(H2,16,17). The molecule has 0 aliphatic heterocycles. The van der Waals surface area contributed by atoms with E-state index in [9.17, 15) is 4.39 Å². The Balaban J connectivity index is 2.08. The molecular weight excluding hydrogens is 229 g/mol. The molecule has 1 aromatic heterocycles. The number of halogens is 1. The lowest BCUT2D eigenvalue weighted by Gasteiger charge is -2.04. The second-order valence-electron chi connectivity index (χ2n) is 4.15. The summed E-state index contributed by atoms with van der Waals surface area (Å²) in [6.07, 6.45) is 0. The second-order valence-corrected chi connectivity index (χ2v) is 4.15. The van der Waals surface area contributed by atoms with Gasteiger partial charge in [-0.3, -0.25) is 4.68 Å². The van der Waals surface area contributed by atoms with Crippen LogP contribution in [0.25, 0.3) is 10.9 Å². The summed E-state index contributed by atoms with van der Waals surface area (Å²) in [7, 11) is 0. The highest BCUT2D eigenvalue weighted by molar-refractivity contribution is 5.89. The maximum Gasteiger partial charge on any atom is 0.153 e. The van der Waals surface area contributed by atoms with Crippen molar-refractivity contribution in [3.05, 3.63) is 59.9 Å². The van der Waals surface area contributed by atoms with Crippen LogP contribution in [0.3, 0.4) is 0 Å². The van der Waals surface area contributed by atoms with E-state index in [0.29, 0.717) is 17.9 Å². The third-order valence-corrected chi connectivity index (χ3v) is 2.96. The van der Waals surface area contributed by atoms with E-state index in [2.05, 4.69) is 5.10 Å². The summed E-state index contributed by atoms with van der Waals surface area (Å²) in [6.45, 7) is 0.379. The van der Waals surface area contributed by atoms with Gasteiger partial charge in [0.05, 0.1) is 12.1 Å². The van der Waals surface area contributed by atoms with Crippen LogP contribution in [-0.2, 0) is 6.54 Å². The van der Waals surface area contributed by atoms with Crippen molar-refractivity contribution in [1.29, 1.82) is 0 Å². The largest absolute Gasteiger partial charge is 0.382 e. The number of nitrogen functional groups attached to an aromatic ring is 1. The summed E-state index contributed by atoms with van der Waals surface area (Å²) >= 11 is 0. The van der Waals surface area contributed by atoms with Crippen molar-refractivity contribution in [2.75, 3.05) is 5.73 Å². The number of hydrogen-bond donors (Lipinski definition) is 1. The Morgan fingerprint density at radius 2 is 1.78 bits per heavy atom. The van der Waals surface area contributed by atoms with Gasteiger partial charge in [0.25, 0.3) is 0 Å². The molecule has 0 atom stereocenters. The zero-order valence-electron chi connectivity index (χ0n) is 9.68. The molecule has 0 unspecified atom stereocenters. The number of anilines is 1. The molecule has 0 saturated carbocycles. The van der Waals surface area contributed by atoms with Crippen LogP contribution in [0.4, 0.5) is 10.2 Å². The van der Waals surface area contributed by atoms with Crippen LogP contribution in [0.2, 0.25) is 0 Å². The number of fused-ring (bicyclic) bond motifs is 1. The molecule has 0 saturated heterocycles. The lowest BCUT2D eigenvalue weighted by atomic mass is 10.2. The van der Waals surface area contributed by atoms with Gasteiger partial charge in [-0.1, -0.05) is 30.3 Å². The molecule has 3 nitrogen and oxygen atoms in total. The van der Waals surface area contributed by atoms with Gasteiger partial charge in [0.15, 0.2) is 5.82 Å². The van der Waals surface area contributed by atoms with E-state index in [4.69, 9.17) is 5.73 Å². The van der Waals surface area contributed by atoms with Gasteiger partial charge >= 0.3 is 0 Å². The predicted molar refractivity (Wildman–Crippen MR) is 69.6 cm³/mol. The van der Waals surface area contributed by atoms with Crippen molar-refractivity contribution in [3.8, 4) is 0 Å². The predicted octanol–water partition coefficient (Wildman–Crippen LogP) is 2.81. The van der Waals surface area contributed by atoms with Crippen LogP contribution in [0.15, 0.2) is 48.5 Å². The van der Waals surface area contributed by atoms with Crippen LogP contribution < -0.4 is 5.73 Å². The number of nitrogens with two attached hydrogens (primary N) is 1. The van der Waals surface area contributed by atoms with E-state index in [1.54, 1.807) is 16.8 Å². The van der Waals surface area contributed by atoms with Gasteiger partial charge < -0.3 is 5.73 Å². The molecule has 3 aromatic rings. The minimum absolute atomic E-state index is 0.226. The maximum absolute atomic E-state index is 13.6. The highest BCUT2D eigenvalue weighted by atomic mass is 19.1. The highest BCUT2D eigenvalue weighted by Gasteiger charge is 2.09. The topological polar surface area (TPSA) is 43.8 Å². The molecule has 0 amide bonds. The molecule has 0 aliphatic carbocycles. The molecule has 2 N–H and O–H groups in total. The van der Waals surface area contributed by atoms with E-state index < -0.39 is 0 Å². The van der Waals surface area contributed by atoms with Gasteiger partial charge in [-0.15, -0.1) is 0 Å². The SMILES string of the molecule is Nc1nn(Cc2ccccc2F)c2ccccc12. The fourth-order valence-corrected chi connectivity index (χ4v) is 2.06. The fourth-order valence-electron chi connectivity index (χ4n) is 2.06. The van der Waals surface area contributed by atoms with Gasteiger partial charge in [-0.05, 0) is 18.2 Å². The highest BCUT2D eigenvalue weighted by Crippen LogP contribution is 2.21. The number of para-hydroxylation sites is 1. The van der Waals surface area contributed by atoms with Crippen molar-refractivity contribution in [3.63, 3.8) is 0 Å². The van der Waals surface area contributed by atoms with Crippen molar-refractivity contribution in [2.45, 2.75) is 6.54 Å². The molecule has 2 aromatic carbocycles. The summed E-state index contributed by atoms with van der Waals surface area (Å²) in [5.74, 6) is 0.248. The zero-order valence-corrected chi connectivity index (χ0v) is 9.68. The van der Waals surface area contributed by atoms with E-state index in [1.807, 2.05) is 30.3 Å². The average molecular weight is 241 g/mol. The van der Waals surface area contributed by atoms with Crippen LogP contribution in [0.5, 0.6) is 0 Å². The first-order chi connectivity index (χ1) is 8.75. The van der Waals surface area contributed by atoms with Crippen LogP contribution in [-0.4, -0.2) is 9.78 Å². The minimum atomic E-state index is -0.226. The second kappa shape index (κ2) is 4.14. The number of nitrogens with zero attached hydrogens (tertiary/aromatic N) is 2. The summed E-state index contributed by atoms with van der Waals surface area (Å²) in [5.41, 5.74) is 7.36. The zero-order chi connectivity index (χ0) is 12.5. The normalized spacial score (nSPS) is 10.9. The molecule has 90 valence electrons. The van der Waals surface area contributed by atoms with E-state index in [-0.39, 0.29) is 5.82 Å². The van der Waals surface area contributed by atoms with Crippen molar-refractivity contribution < 1.29 is 4.39 Å². The molecular formula is C14H12FN3. The number of rotatable bonds is 2. The van der Waals surface area contributed by atoms with Crippen molar-refractivity contribution in [1.82, 2.24) is 9.78 Å². The van der Waals surface area contributed by atoms with E-state index >= 15 is 0 Å². The van der Waals surface area contributed by atoms with Crippen molar-refractivity contribution >= 4 is 16.7 Å². The number of hydrogen-bond acceptors (Lipinski definition) is 2. The molecule has 0 aliphatic rings. The Hall–Kier alpha value is -2.36. The molecule has 0 fully saturated rings. The number of aromatic nitrogens is 2. The quantitative estimate of drug-likeness (QED) is 0.749. The summed E-state index contributed by atoms with van der Waals surface area (Å²) in [4.78, 5) is 0. The number of benzene rings is 2. The summed E-state index contributed by atoms with van der Waals surface area (Å²) in [5, 5.41) is 5.15. The third kappa shape index (κ3) is 1.72. The van der Waals surface area contributed by atoms with Gasteiger partial charge in [0, 0.05) is 10.9 Å². The Bertz CT molecular complexity index is 703. The molecule has 0 spiro atoms. The van der Waals surface area contributed by atoms with Crippen molar-refractivity contribution in [2.24, 2.45) is 0 Å². The summed E-state index contributed by atoms with van der Waals surface area (Å²) in [6, 6.07) is 14.4. The first-order valence-electron chi connectivity index (χ1n) is 5.70. The van der Waals surface area contributed by atoms with Crippen LogP contribution in [0.1, 0.15) is 5.56 Å². The lowest BCUT2D eigenvalue weighted by Crippen LogP contribution is -2.04. The molecule has 1 heterocycles. The molecule has 0 radical (unpaired) electrons. The van der Waals surface area contributed by atoms with Gasteiger partial charge in [-0.2, -0.15) is 5.10 Å². The first-order valence-corrected chi connectivity index (χ1v) is 5.70. The van der Waals surface area contributed by atoms with Crippen LogP contribution >= 0.6 is 0 Å². The van der Waals surface area contributed by atoms with Gasteiger partial charge in [-0.25, -0.2) is 4.39 Å². The monoisotopic (exact) mass is 241 g/mol. The average Bonchev–Trinajstić information content (AvgIpc) is 2.70. The Kier molecular flexibility index (Phi) is 2.48. The Labute approximate surface area is 104 Å². The minimum Gasteiger partial charge on any atom is -0.382 e. The fraction of sp³-hybridized carbons (Fsp3) is 0.0714. The first kappa shape index (κ1) is 10.8. The Morgan fingerprint density at radius 3 is 2.61 bits per heavy atom. The lowest BCUT2D eigenvalue weighted by molar-refractivity contribution is 0.591. The molecule has 3 rings (SSSR count). The van der Waals surface area contributed by atoms with E-state index in [0.717, 1.165) is 10.9 Å². The van der Waals surface area contributed by atoms with Gasteiger partial charge in [0.2, 0.25) is 0 Å². The molecule has 18 heavy (non-hydrogen) atoms. The molecule has 4 heteroatoms. The molecule has 0 bridgehead atoms. The maximum atomic E-state index is 13.6. The third-order valence-electron chi connectivity index (χ3n) is 2.96. The van der Waals surface area contributed by atoms with Crippen LogP contribution in [0, 0.1) is 5.82 Å². The van der Waals surface area contributed by atoms with E-state index in [1.165, 1.54) is 6.07 Å².